The summed E-state index contributed by atoms with van der Waals surface area (Å²) in [7, 11) is 0. The van der Waals surface area contributed by atoms with Crippen LogP contribution in [0.25, 0.3) is 0 Å². The molecule has 2 heteroatoms. The van der Waals surface area contributed by atoms with Gasteiger partial charge < -0.3 is 5.73 Å². The normalized spacial score (nSPS) is 38.7. The van der Waals surface area contributed by atoms with Crippen LogP contribution in [-0.4, -0.2) is 6.04 Å². The second kappa shape index (κ2) is 3.10. The lowest BCUT2D eigenvalue weighted by Gasteiger charge is -2.52. The van der Waals surface area contributed by atoms with Crippen LogP contribution in [0, 0.1) is 5.41 Å². The SMILES string of the molecule is CCC1(C)C(N)CC1c1cccs1. The van der Waals surface area contributed by atoms with Crippen molar-refractivity contribution < 1.29 is 0 Å². The Bertz CT molecular complexity index is 280. The summed E-state index contributed by atoms with van der Waals surface area (Å²) in [5, 5.41) is 2.16. The number of hydrogen-bond donors (Lipinski definition) is 1. The van der Waals surface area contributed by atoms with E-state index in [1.807, 2.05) is 11.3 Å². The van der Waals surface area contributed by atoms with E-state index in [2.05, 4.69) is 31.4 Å². The van der Waals surface area contributed by atoms with Gasteiger partial charge in [-0.2, -0.15) is 0 Å². The summed E-state index contributed by atoms with van der Waals surface area (Å²) in [6.45, 7) is 4.57. The lowest BCUT2D eigenvalue weighted by atomic mass is 9.56. The van der Waals surface area contributed by atoms with Crippen LogP contribution in [-0.2, 0) is 0 Å². The second-order valence-corrected chi connectivity index (χ2v) is 5.25. The minimum absolute atomic E-state index is 0.352. The van der Waals surface area contributed by atoms with Gasteiger partial charge in [-0.1, -0.05) is 19.9 Å². The quantitative estimate of drug-likeness (QED) is 0.771. The van der Waals surface area contributed by atoms with Crippen LogP contribution >= 0.6 is 11.3 Å². The third kappa shape index (κ3) is 1.24. The Balaban J connectivity index is 2.20. The standard InChI is InChI=1S/C11H17NS/c1-3-11(2)8(7-10(11)12)9-5-4-6-13-9/h4-6,8,10H,3,7,12H2,1-2H3. The molecule has 2 N–H and O–H groups in total. The molecule has 0 aromatic carbocycles. The van der Waals surface area contributed by atoms with Crippen LogP contribution in [0.2, 0.25) is 0 Å². The van der Waals surface area contributed by atoms with E-state index in [1.165, 1.54) is 17.7 Å². The van der Waals surface area contributed by atoms with Gasteiger partial charge in [-0.15, -0.1) is 11.3 Å². The van der Waals surface area contributed by atoms with E-state index in [0.29, 0.717) is 17.4 Å². The molecule has 0 spiro atoms. The van der Waals surface area contributed by atoms with E-state index in [0.717, 1.165) is 0 Å². The Hall–Kier alpha value is -0.340. The fraction of sp³-hybridized carbons (Fsp3) is 0.636. The lowest BCUT2D eigenvalue weighted by molar-refractivity contribution is 0.0728. The first-order valence-electron chi connectivity index (χ1n) is 4.97. The minimum Gasteiger partial charge on any atom is -0.327 e. The molecule has 0 bridgehead atoms. The molecule has 1 nitrogen and oxygen atoms in total. The van der Waals surface area contributed by atoms with Crippen molar-refractivity contribution >= 4 is 11.3 Å². The zero-order valence-corrected chi connectivity index (χ0v) is 9.10. The molecule has 2 rings (SSSR count). The number of hydrogen-bond acceptors (Lipinski definition) is 2. The summed E-state index contributed by atoms with van der Waals surface area (Å²) in [5.74, 6) is 0.715. The molecule has 72 valence electrons. The van der Waals surface area contributed by atoms with E-state index in [-0.39, 0.29) is 0 Å². The van der Waals surface area contributed by atoms with Gasteiger partial charge in [0, 0.05) is 16.8 Å². The molecule has 1 aliphatic rings. The maximum atomic E-state index is 6.07. The average Bonchev–Trinajstić information content (AvgIpc) is 2.65. The molecule has 0 aliphatic heterocycles. The van der Waals surface area contributed by atoms with Gasteiger partial charge in [0.15, 0.2) is 0 Å². The van der Waals surface area contributed by atoms with E-state index in [9.17, 15) is 0 Å². The molecule has 1 heterocycles. The summed E-state index contributed by atoms with van der Waals surface area (Å²) in [5.41, 5.74) is 6.42. The molecular weight excluding hydrogens is 178 g/mol. The highest BCUT2D eigenvalue weighted by atomic mass is 32.1. The van der Waals surface area contributed by atoms with Crippen molar-refractivity contribution in [3.8, 4) is 0 Å². The van der Waals surface area contributed by atoms with Gasteiger partial charge in [-0.3, -0.25) is 0 Å². The van der Waals surface area contributed by atoms with Crippen LogP contribution in [0.5, 0.6) is 0 Å². The van der Waals surface area contributed by atoms with Crippen molar-refractivity contribution in [1.82, 2.24) is 0 Å². The number of nitrogens with two attached hydrogens (primary N) is 1. The topological polar surface area (TPSA) is 26.0 Å². The molecule has 0 saturated heterocycles. The monoisotopic (exact) mass is 195 g/mol. The first kappa shape index (κ1) is 9.22. The highest BCUT2D eigenvalue weighted by Crippen LogP contribution is 2.54. The van der Waals surface area contributed by atoms with Crippen molar-refractivity contribution in [2.75, 3.05) is 0 Å². The van der Waals surface area contributed by atoms with Crippen LogP contribution in [0.1, 0.15) is 37.5 Å². The Kier molecular flexibility index (Phi) is 2.20. The Labute approximate surface area is 84.0 Å². The van der Waals surface area contributed by atoms with Crippen LogP contribution in [0.15, 0.2) is 17.5 Å². The van der Waals surface area contributed by atoms with Crippen molar-refractivity contribution in [1.29, 1.82) is 0 Å². The Morgan fingerprint density at radius 1 is 1.69 bits per heavy atom. The molecule has 0 radical (unpaired) electrons. The molecule has 1 fully saturated rings. The van der Waals surface area contributed by atoms with E-state index >= 15 is 0 Å². The first-order chi connectivity index (χ1) is 6.18. The Morgan fingerprint density at radius 3 is 2.92 bits per heavy atom. The van der Waals surface area contributed by atoms with Gasteiger partial charge in [0.1, 0.15) is 0 Å². The average molecular weight is 195 g/mol. The minimum atomic E-state index is 0.352. The highest BCUT2D eigenvalue weighted by Gasteiger charge is 2.49. The largest absolute Gasteiger partial charge is 0.327 e. The smallest absolute Gasteiger partial charge is 0.0105 e. The molecule has 1 saturated carbocycles. The highest BCUT2D eigenvalue weighted by molar-refractivity contribution is 7.10. The summed E-state index contributed by atoms with van der Waals surface area (Å²) in [6.07, 6.45) is 2.36. The van der Waals surface area contributed by atoms with Crippen LogP contribution in [0.4, 0.5) is 0 Å². The van der Waals surface area contributed by atoms with Gasteiger partial charge in [-0.25, -0.2) is 0 Å². The molecule has 0 amide bonds. The third-order valence-corrected chi connectivity index (χ3v) is 4.77. The van der Waals surface area contributed by atoms with Crippen molar-refractivity contribution in [3.63, 3.8) is 0 Å². The predicted molar refractivity (Wildman–Crippen MR) is 58.1 cm³/mol. The summed E-state index contributed by atoms with van der Waals surface area (Å²) >= 11 is 1.87. The second-order valence-electron chi connectivity index (χ2n) is 4.27. The summed E-state index contributed by atoms with van der Waals surface area (Å²) in [4.78, 5) is 1.52. The maximum Gasteiger partial charge on any atom is 0.0105 e. The lowest BCUT2D eigenvalue weighted by Crippen LogP contribution is -2.54. The summed E-state index contributed by atoms with van der Waals surface area (Å²) < 4.78 is 0. The molecule has 1 aromatic heterocycles. The molecule has 1 aromatic rings. The molecule has 3 atom stereocenters. The molecule has 1 aliphatic carbocycles. The van der Waals surface area contributed by atoms with E-state index in [4.69, 9.17) is 5.73 Å². The number of thiophene rings is 1. The van der Waals surface area contributed by atoms with Gasteiger partial charge >= 0.3 is 0 Å². The fourth-order valence-corrected chi connectivity index (χ4v) is 3.33. The van der Waals surface area contributed by atoms with Crippen molar-refractivity contribution in [3.05, 3.63) is 22.4 Å². The van der Waals surface area contributed by atoms with Gasteiger partial charge in [-0.05, 0) is 29.7 Å². The number of rotatable bonds is 2. The van der Waals surface area contributed by atoms with Crippen LogP contribution in [0.3, 0.4) is 0 Å². The predicted octanol–water partition coefficient (Wildman–Crippen LogP) is 2.98. The first-order valence-corrected chi connectivity index (χ1v) is 5.85. The van der Waals surface area contributed by atoms with Gasteiger partial charge in [0.25, 0.3) is 0 Å². The van der Waals surface area contributed by atoms with Crippen molar-refractivity contribution in [2.45, 2.75) is 38.6 Å². The zero-order valence-electron chi connectivity index (χ0n) is 8.29. The van der Waals surface area contributed by atoms with E-state index < -0.39 is 0 Å². The van der Waals surface area contributed by atoms with Crippen LogP contribution < -0.4 is 5.73 Å². The van der Waals surface area contributed by atoms with E-state index in [1.54, 1.807) is 0 Å². The molecule has 3 unspecified atom stereocenters. The van der Waals surface area contributed by atoms with Crippen molar-refractivity contribution in [2.24, 2.45) is 11.1 Å². The Morgan fingerprint density at radius 2 is 2.46 bits per heavy atom. The van der Waals surface area contributed by atoms with Gasteiger partial charge in [0.05, 0.1) is 0 Å². The van der Waals surface area contributed by atoms with Gasteiger partial charge in [0.2, 0.25) is 0 Å². The molecule has 13 heavy (non-hydrogen) atoms. The maximum absolute atomic E-state index is 6.07. The third-order valence-electron chi connectivity index (χ3n) is 3.78. The zero-order chi connectivity index (χ0) is 9.47. The summed E-state index contributed by atoms with van der Waals surface area (Å²) in [6, 6.07) is 4.79. The fourth-order valence-electron chi connectivity index (χ4n) is 2.33. The molecular formula is C11H17NS.